The normalized spacial score (nSPS) is 14.7. The minimum absolute atomic E-state index is 0.0279. The van der Waals surface area contributed by atoms with Crippen molar-refractivity contribution in [2.24, 2.45) is 16.5 Å². The van der Waals surface area contributed by atoms with Crippen molar-refractivity contribution in [2.75, 3.05) is 6.61 Å². The van der Waals surface area contributed by atoms with Gasteiger partial charge < -0.3 is 26.2 Å². The van der Waals surface area contributed by atoms with Crippen LogP contribution in [0.4, 0.5) is 0 Å². The van der Waals surface area contributed by atoms with Gasteiger partial charge in [0.15, 0.2) is 0 Å². The van der Waals surface area contributed by atoms with Gasteiger partial charge in [-0.05, 0) is 18.1 Å². The van der Waals surface area contributed by atoms with Crippen LogP contribution >= 0.6 is 0 Å². The Labute approximate surface area is 146 Å². The average Bonchev–Trinajstić information content (AvgIpc) is 3.02. The summed E-state index contributed by atoms with van der Waals surface area (Å²) in [6.45, 7) is 3.77. The Morgan fingerprint density at radius 3 is 2.52 bits per heavy atom. The van der Waals surface area contributed by atoms with Crippen molar-refractivity contribution < 1.29 is 10.2 Å². The molecule has 6 heteroatoms. The van der Waals surface area contributed by atoms with Crippen LogP contribution in [0.1, 0.15) is 18.0 Å². The summed E-state index contributed by atoms with van der Waals surface area (Å²) in [6.07, 6.45) is 5.20. The molecule has 0 aliphatic heterocycles. The molecule has 1 aromatic heterocycles. The first-order valence-corrected chi connectivity index (χ1v) is 7.98. The molecule has 0 saturated carbocycles. The molecule has 1 aromatic carbocycles. The topological polar surface area (TPSA) is 110 Å². The summed E-state index contributed by atoms with van der Waals surface area (Å²) >= 11 is 0. The van der Waals surface area contributed by atoms with E-state index < -0.39 is 0 Å². The minimum Gasteiger partial charge on any atom is -0.404 e. The molecule has 6 nitrogen and oxygen atoms in total. The molecule has 25 heavy (non-hydrogen) atoms. The molecule has 0 aliphatic rings. The maximum absolute atomic E-state index is 9.30. The van der Waals surface area contributed by atoms with Crippen LogP contribution in [0.3, 0.4) is 0 Å². The number of rotatable bonds is 7. The highest BCUT2D eigenvalue weighted by molar-refractivity contribution is 5.94. The number of benzene rings is 1. The fraction of sp³-hybridized carbons (Fsp3) is 0.211. The summed E-state index contributed by atoms with van der Waals surface area (Å²) in [5, 5.41) is 19.8. The van der Waals surface area contributed by atoms with Crippen molar-refractivity contribution in [3.8, 4) is 0 Å². The zero-order chi connectivity index (χ0) is 18.2. The molecule has 0 bridgehead atoms. The summed E-state index contributed by atoms with van der Waals surface area (Å²) in [7, 11) is 0. The van der Waals surface area contributed by atoms with Crippen LogP contribution in [0, 0.1) is 0 Å². The highest BCUT2D eigenvalue weighted by Crippen LogP contribution is 2.20. The molecular weight excluding hydrogens is 316 g/mol. The molecule has 0 spiro atoms. The van der Waals surface area contributed by atoms with Crippen LogP contribution in [0.5, 0.6) is 0 Å². The molecule has 2 aromatic rings. The Bertz CT molecular complexity index is 853. The van der Waals surface area contributed by atoms with E-state index in [4.69, 9.17) is 11.5 Å². The molecule has 0 fully saturated rings. The van der Waals surface area contributed by atoms with Crippen molar-refractivity contribution in [3.63, 3.8) is 0 Å². The lowest BCUT2D eigenvalue weighted by Gasteiger charge is -2.11. The molecule has 0 radical (unpaired) electrons. The SMILES string of the molecule is C=c1/c(=C(\N)C(C=NC(CCO)c2ccccc2)=CN)ccn1CO. The van der Waals surface area contributed by atoms with E-state index in [0.717, 1.165) is 5.56 Å². The number of hydrogen-bond donors (Lipinski definition) is 4. The molecule has 0 amide bonds. The summed E-state index contributed by atoms with van der Waals surface area (Å²) in [5.74, 6) is 0. The van der Waals surface area contributed by atoms with E-state index in [1.165, 1.54) is 6.20 Å². The number of hydrogen-bond acceptors (Lipinski definition) is 5. The standard InChI is InChI=1S/C19H24N4O2/c1-14-17(7-9-23(14)13-25)19(21)16(11-20)12-22-18(8-10-24)15-5-3-2-4-6-15/h2-7,9,11-12,18,24-25H,1,8,10,13,20-21H2/b16-11?,19-17-,22-12?. The van der Waals surface area contributed by atoms with Crippen LogP contribution in [0.2, 0.25) is 0 Å². The van der Waals surface area contributed by atoms with E-state index in [0.29, 0.717) is 28.3 Å². The van der Waals surface area contributed by atoms with E-state index in [1.54, 1.807) is 23.0 Å². The Hall–Kier alpha value is -2.83. The second kappa shape index (κ2) is 8.86. The van der Waals surface area contributed by atoms with Crippen LogP contribution in [0.25, 0.3) is 12.3 Å². The molecule has 0 aliphatic carbocycles. The molecule has 0 saturated heterocycles. The maximum atomic E-state index is 9.30. The Morgan fingerprint density at radius 1 is 1.24 bits per heavy atom. The van der Waals surface area contributed by atoms with E-state index >= 15 is 0 Å². The van der Waals surface area contributed by atoms with Gasteiger partial charge in [-0.15, -0.1) is 0 Å². The fourth-order valence-corrected chi connectivity index (χ4v) is 2.54. The lowest BCUT2D eigenvalue weighted by molar-refractivity contribution is 0.208. The number of nitrogens with zero attached hydrogens (tertiary/aromatic N) is 2. The summed E-state index contributed by atoms with van der Waals surface area (Å²) < 4.78 is 1.58. The molecule has 1 heterocycles. The monoisotopic (exact) mass is 340 g/mol. The van der Waals surface area contributed by atoms with Crippen molar-refractivity contribution in [2.45, 2.75) is 19.2 Å². The number of aliphatic hydroxyl groups is 2. The maximum Gasteiger partial charge on any atom is 0.119 e. The fourth-order valence-electron chi connectivity index (χ4n) is 2.54. The van der Waals surface area contributed by atoms with Crippen molar-refractivity contribution >= 4 is 18.5 Å². The van der Waals surface area contributed by atoms with E-state index in [1.807, 2.05) is 30.3 Å². The Balaban J connectivity index is 2.36. The summed E-state index contributed by atoms with van der Waals surface area (Å²) in [5.41, 5.74) is 13.9. The van der Waals surface area contributed by atoms with Gasteiger partial charge in [0.25, 0.3) is 0 Å². The van der Waals surface area contributed by atoms with Gasteiger partial charge in [0, 0.05) is 41.4 Å². The molecule has 1 atom stereocenters. The number of aromatic nitrogens is 1. The zero-order valence-electron chi connectivity index (χ0n) is 14.0. The molecule has 2 rings (SSSR count). The van der Waals surface area contributed by atoms with E-state index in [9.17, 15) is 10.2 Å². The first kappa shape index (κ1) is 18.5. The van der Waals surface area contributed by atoms with E-state index in [-0.39, 0.29) is 19.4 Å². The van der Waals surface area contributed by atoms with Crippen LogP contribution in [-0.4, -0.2) is 27.6 Å². The van der Waals surface area contributed by atoms with Gasteiger partial charge in [-0.1, -0.05) is 36.9 Å². The van der Waals surface area contributed by atoms with Gasteiger partial charge in [0.2, 0.25) is 0 Å². The number of aliphatic hydroxyl groups excluding tert-OH is 2. The summed E-state index contributed by atoms with van der Waals surface area (Å²) in [6, 6.07) is 11.3. The minimum atomic E-state index is -0.185. The van der Waals surface area contributed by atoms with Crippen LogP contribution in [-0.2, 0) is 6.73 Å². The Kier molecular flexibility index (Phi) is 6.56. The summed E-state index contributed by atoms with van der Waals surface area (Å²) in [4.78, 5) is 4.55. The number of nitrogens with two attached hydrogens (primary N) is 2. The highest BCUT2D eigenvalue weighted by atomic mass is 16.3. The van der Waals surface area contributed by atoms with Crippen LogP contribution in [0.15, 0.2) is 59.4 Å². The quantitative estimate of drug-likeness (QED) is 0.530. The van der Waals surface area contributed by atoms with Gasteiger partial charge in [0.05, 0.1) is 11.7 Å². The van der Waals surface area contributed by atoms with Crippen LogP contribution < -0.4 is 22.0 Å². The van der Waals surface area contributed by atoms with Crippen molar-refractivity contribution in [3.05, 3.63) is 70.5 Å². The van der Waals surface area contributed by atoms with Gasteiger partial charge in [0.1, 0.15) is 6.73 Å². The molecule has 6 N–H and O–H groups in total. The third kappa shape index (κ3) is 4.37. The van der Waals surface area contributed by atoms with Gasteiger partial charge in [-0.25, -0.2) is 0 Å². The van der Waals surface area contributed by atoms with Crippen molar-refractivity contribution in [1.29, 1.82) is 0 Å². The smallest absolute Gasteiger partial charge is 0.119 e. The lowest BCUT2D eigenvalue weighted by atomic mass is 10.0. The third-order valence-electron chi connectivity index (χ3n) is 3.99. The lowest BCUT2D eigenvalue weighted by Crippen LogP contribution is -2.32. The highest BCUT2D eigenvalue weighted by Gasteiger charge is 2.09. The predicted molar refractivity (Wildman–Crippen MR) is 101 cm³/mol. The van der Waals surface area contributed by atoms with Crippen molar-refractivity contribution in [1.82, 2.24) is 4.57 Å². The number of aliphatic imine (C=N–C) groups is 1. The average molecular weight is 340 g/mol. The second-order valence-electron chi connectivity index (χ2n) is 5.54. The Morgan fingerprint density at radius 2 is 1.96 bits per heavy atom. The first-order valence-electron chi connectivity index (χ1n) is 7.98. The van der Waals surface area contributed by atoms with Gasteiger partial charge in [-0.3, -0.25) is 4.99 Å². The second-order valence-corrected chi connectivity index (χ2v) is 5.54. The third-order valence-corrected chi connectivity index (χ3v) is 3.99. The first-order chi connectivity index (χ1) is 12.1. The molecular formula is C19H24N4O2. The van der Waals surface area contributed by atoms with E-state index in [2.05, 4.69) is 11.6 Å². The predicted octanol–water partition coefficient (Wildman–Crippen LogP) is -0.0478. The molecule has 132 valence electrons. The largest absolute Gasteiger partial charge is 0.404 e. The van der Waals surface area contributed by atoms with Gasteiger partial charge >= 0.3 is 0 Å². The zero-order valence-corrected chi connectivity index (χ0v) is 14.0. The molecule has 1 unspecified atom stereocenters. The van der Waals surface area contributed by atoms with Gasteiger partial charge in [-0.2, -0.15) is 0 Å².